The van der Waals surface area contributed by atoms with Crippen LogP contribution >= 0.6 is 0 Å². The molecule has 1 amide bonds. The maximum atomic E-state index is 15.1. The maximum absolute atomic E-state index is 15.1. The highest BCUT2D eigenvalue weighted by Gasteiger charge is 2.26. The molecule has 162 valence electrons. The van der Waals surface area contributed by atoms with E-state index in [-0.39, 0.29) is 12.4 Å². The van der Waals surface area contributed by atoms with Crippen LogP contribution in [0, 0.1) is 5.82 Å². The van der Waals surface area contributed by atoms with Gasteiger partial charge in [0.1, 0.15) is 12.2 Å². The lowest BCUT2D eigenvalue weighted by Crippen LogP contribution is -2.27. The summed E-state index contributed by atoms with van der Waals surface area (Å²) in [6.45, 7) is 8.36. The lowest BCUT2D eigenvalue weighted by Gasteiger charge is -2.20. The second-order valence-electron chi connectivity index (χ2n) is 7.99. The molecule has 0 bridgehead atoms. The average molecular weight is 417 g/mol. The lowest BCUT2D eigenvalue weighted by molar-refractivity contribution is -0.0473. The highest BCUT2D eigenvalue weighted by atomic mass is 19.1. The van der Waals surface area contributed by atoms with Crippen molar-refractivity contribution in [2.45, 2.75) is 52.6 Å². The third kappa shape index (κ3) is 5.70. The van der Waals surface area contributed by atoms with Gasteiger partial charge in [-0.05, 0) is 56.5 Å². The van der Waals surface area contributed by atoms with Crippen LogP contribution in [0.15, 0.2) is 36.4 Å². The minimum Gasteiger partial charge on any atom is -0.486 e. The van der Waals surface area contributed by atoms with Crippen LogP contribution in [-0.2, 0) is 27.2 Å². The summed E-state index contributed by atoms with van der Waals surface area (Å²) in [6.07, 6.45) is -0.582. The molecule has 1 aliphatic rings. The predicted octanol–water partition coefficient (Wildman–Crippen LogP) is 5.36. The molecular weight excluding hydrogens is 389 g/mol. The number of ether oxygens (including phenoxy) is 4. The smallest absolute Gasteiger partial charge is 0.412 e. The van der Waals surface area contributed by atoms with Gasteiger partial charge in [-0.3, -0.25) is 5.32 Å². The van der Waals surface area contributed by atoms with Crippen molar-refractivity contribution >= 4 is 11.8 Å². The first-order valence-corrected chi connectivity index (χ1v) is 10.0. The molecule has 7 heteroatoms. The number of hydrogen-bond donors (Lipinski definition) is 1. The van der Waals surface area contributed by atoms with Gasteiger partial charge in [-0.15, -0.1) is 0 Å². The highest BCUT2D eigenvalue weighted by Crippen LogP contribution is 2.34. The molecular formula is C23H28FNO5. The molecule has 0 aromatic heterocycles. The Morgan fingerprint density at radius 1 is 1.20 bits per heavy atom. The van der Waals surface area contributed by atoms with E-state index in [1.54, 1.807) is 45.0 Å². The van der Waals surface area contributed by atoms with E-state index in [9.17, 15) is 4.79 Å². The van der Waals surface area contributed by atoms with Crippen molar-refractivity contribution in [1.82, 2.24) is 0 Å². The van der Waals surface area contributed by atoms with E-state index < -0.39 is 23.8 Å². The summed E-state index contributed by atoms with van der Waals surface area (Å²) in [6, 6.07) is 10.6. The zero-order valence-electron chi connectivity index (χ0n) is 17.8. The van der Waals surface area contributed by atoms with Gasteiger partial charge in [0.25, 0.3) is 0 Å². The third-order valence-corrected chi connectivity index (χ3v) is 4.44. The van der Waals surface area contributed by atoms with Crippen molar-refractivity contribution in [3.63, 3.8) is 0 Å². The number of nitrogens with one attached hydrogen (secondary N) is 1. The van der Waals surface area contributed by atoms with Gasteiger partial charge >= 0.3 is 6.09 Å². The van der Waals surface area contributed by atoms with E-state index in [0.29, 0.717) is 30.9 Å². The molecule has 3 rings (SSSR count). The van der Waals surface area contributed by atoms with Crippen LogP contribution in [0.25, 0.3) is 0 Å². The van der Waals surface area contributed by atoms with E-state index in [1.807, 2.05) is 19.1 Å². The van der Waals surface area contributed by atoms with Crippen LogP contribution in [0.1, 0.15) is 50.7 Å². The fourth-order valence-corrected chi connectivity index (χ4v) is 3.13. The number of carbonyl (C=O) groups is 1. The Balaban J connectivity index is 1.70. The molecule has 0 aliphatic carbocycles. The number of halogens is 1. The van der Waals surface area contributed by atoms with Crippen molar-refractivity contribution in [2.75, 3.05) is 18.5 Å². The van der Waals surface area contributed by atoms with Gasteiger partial charge in [0.15, 0.2) is 17.9 Å². The summed E-state index contributed by atoms with van der Waals surface area (Å²) < 4.78 is 37.1. The molecule has 1 heterocycles. The van der Waals surface area contributed by atoms with Crippen molar-refractivity contribution in [1.29, 1.82) is 0 Å². The molecule has 1 N–H and O–H groups in total. The monoisotopic (exact) mass is 417 g/mol. The molecule has 6 nitrogen and oxygen atoms in total. The van der Waals surface area contributed by atoms with Gasteiger partial charge in [0.05, 0.1) is 18.8 Å². The number of rotatable bonds is 6. The minimum absolute atomic E-state index is 0.131. The average Bonchev–Trinajstić information content (AvgIpc) is 3.19. The number of carbonyl (C=O) groups excluding carboxylic acids is 1. The zero-order chi connectivity index (χ0) is 21.7. The molecule has 0 saturated carbocycles. The Hall–Kier alpha value is -2.64. The summed E-state index contributed by atoms with van der Waals surface area (Å²) >= 11 is 0. The summed E-state index contributed by atoms with van der Waals surface area (Å²) in [5.41, 5.74) is 1.98. The molecule has 1 saturated heterocycles. The standard InChI is InChI=1S/C23H28FNO5/c1-5-16-9-10-18(20(24)19(16)21-27-11-12-28-21)29-14-15-7-6-8-17(13-15)25-22(26)30-23(2,3)4/h6-10,13,21H,5,11-12,14H2,1-4H3,(H,25,26). The predicted molar refractivity (Wildman–Crippen MR) is 111 cm³/mol. The van der Waals surface area contributed by atoms with E-state index in [2.05, 4.69) is 5.32 Å². The normalized spacial score (nSPS) is 14.6. The van der Waals surface area contributed by atoms with Crippen LogP contribution in [0.4, 0.5) is 14.9 Å². The summed E-state index contributed by atoms with van der Waals surface area (Å²) in [7, 11) is 0. The second-order valence-corrected chi connectivity index (χ2v) is 7.99. The lowest BCUT2D eigenvalue weighted by atomic mass is 10.0. The topological polar surface area (TPSA) is 66.0 Å². The number of aryl methyl sites for hydroxylation is 1. The molecule has 1 aliphatic heterocycles. The van der Waals surface area contributed by atoms with Crippen molar-refractivity contribution < 1.29 is 28.1 Å². The molecule has 0 spiro atoms. The minimum atomic E-state index is -0.704. The van der Waals surface area contributed by atoms with Gasteiger partial charge in [-0.1, -0.05) is 25.1 Å². The summed E-state index contributed by atoms with van der Waals surface area (Å²) in [5.74, 6) is -0.337. The molecule has 30 heavy (non-hydrogen) atoms. The number of anilines is 1. The summed E-state index contributed by atoms with van der Waals surface area (Å²) in [5, 5.41) is 2.69. The first kappa shape index (κ1) is 22.1. The van der Waals surface area contributed by atoms with Crippen molar-refractivity contribution in [3.8, 4) is 5.75 Å². The Kier molecular flexibility index (Phi) is 6.95. The van der Waals surface area contributed by atoms with Gasteiger partial charge in [-0.25, -0.2) is 9.18 Å². The molecule has 2 aromatic rings. The van der Waals surface area contributed by atoms with Gasteiger partial charge in [0.2, 0.25) is 0 Å². The van der Waals surface area contributed by atoms with Gasteiger partial charge in [0, 0.05) is 5.69 Å². The zero-order valence-corrected chi connectivity index (χ0v) is 17.8. The molecule has 1 fully saturated rings. The van der Waals surface area contributed by atoms with E-state index in [1.165, 1.54) is 0 Å². The number of amides is 1. The second kappa shape index (κ2) is 9.45. The fourth-order valence-electron chi connectivity index (χ4n) is 3.13. The quantitative estimate of drug-likeness (QED) is 0.685. The van der Waals surface area contributed by atoms with Crippen molar-refractivity contribution in [2.24, 2.45) is 0 Å². The Bertz CT molecular complexity index is 888. The molecule has 0 atom stereocenters. The summed E-state index contributed by atoms with van der Waals surface area (Å²) in [4.78, 5) is 11.9. The molecule has 0 unspecified atom stereocenters. The van der Waals surface area contributed by atoms with Crippen LogP contribution in [0.3, 0.4) is 0 Å². The SMILES string of the molecule is CCc1ccc(OCc2cccc(NC(=O)OC(C)(C)C)c2)c(F)c1C1OCCO1. The van der Waals surface area contributed by atoms with Crippen LogP contribution in [0.5, 0.6) is 5.75 Å². The number of benzene rings is 2. The van der Waals surface area contributed by atoms with E-state index >= 15 is 4.39 Å². The Labute approximate surface area is 176 Å². The molecule has 2 aromatic carbocycles. The van der Waals surface area contributed by atoms with E-state index in [4.69, 9.17) is 18.9 Å². The van der Waals surface area contributed by atoms with Crippen molar-refractivity contribution in [3.05, 3.63) is 58.9 Å². The first-order valence-electron chi connectivity index (χ1n) is 10.0. The highest BCUT2D eigenvalue weighted by molar-refractivity contribution is 5.84. The van der Waals surface area contributed by atoms with Gasteiger partial charge < -0.3 is 18.9 Å². The van der Waals surface area contributed by atoms with Gasteiger partial charge in [-0.2, -0.15) is 0 Å². The Morgan fingerprint density at radius 2 is 1.93 bits per heavy atom. The molecule has 0 radical (unpaired) electrons. The van der Waals surface area contributed by atoms with Crippen LogP contribution < -0.4 is 10.1 Å². The maximum Gasteiger partial charge on any atom is 0.412 e. The largest absolute Gasteiger partial charge is 0.486 e. The van der Waals surface area contributed by atoms with Crippen LogP contribution in [-0.4, -0.2) is 24.9 Å². The first-order chi connectivity index (χ1) is 14.3. The fraction of sp³-hybridized carbons (Fsp3) is 0.435. The van der Waals surface area contributed by atoms with Crippen LogP contribution in [0.2, 0.25) is 0 Å². The van der Waals surface area contributed by atoms with E-state index in [0.717, 1.165) is 11.1 Å². The number of hydrogen-bond acceptors (Lipinski definition) is 5. The Morgan fingerprint density at radius 3 is 2.60 bits per heavy atom. The third-order valence-electron chi connectivity index (χ3n) is 4.44.